The normalized spacial score (nSPS) is 12.4. The summed E-state index contributed by atoms with van der Waals surface area (Å²) in [6, 6.07) is 7.68. The van der Waals surface area contributed by atoms with Gasteiger partial charge in [0.05, 0.1) is 13.5 Å². The SMILES string of the molecule is CCCC(O)c1noc(Cc2ccccc2OC)n1. The minimum Gasteiger partial charge on any atom is -0.496 e. The topological polar surface area (TPSA) is 68.4 Å². The van der Waals surface area contributed by atoms with Crippen molar-refractivity contribution >= 4 is 0 Å². The Labute approximate surface area is 112 Å². The largest absolute Gasteiger partial charge is 0.496 e. The summed E-state index contributed by atoms with van der Waals surface area (Å²) in [5, 5.41) is 13.6. The van der Waals surface area contributed by atoms with Gasteiger partial charge >= 0.3 is 0 Å². The van der Waals surface area contributed by atoms with Crippen LogP contribution < -0.4 is 4.74 Å². The minimum absolute atomic E-state index is 0.353. The van der Waals surface area contributed by atoms with E-state index < -0.39 is 6.10 Å². The molecule has 0 spiro atoms. The third-order valence-electron chi connectivity index (χ3n) is 2.88. The molecule has 0 saturated heterocycles. The fourth-order valence-corrected chi connectivity index (χ4v) is 1.89. The molecule has 0 aliphatic carbocycles. The number of aliphatic hydroxyl groups excluding tert-OH is 1. The summed E-state index contributed by atoms with van der Waals surface area (Å²) >= 11 is 0. The maximum atomic E-state index is 9.79. The summed E-state index contributed by atoms with van der Waals surface area (Å²) in [7, 11) is 1.63. The third-order valence-corrected chi connectivity index (χ3v) is 2.88. The molecule has 2 rings (SSSR count). The number of para-hydroxylation sites is 1. The van der Waals surface area contributed by atoms with E-state index in [0.29, 0.717) is 24.6 Å². The molecule has 0 aliphatic rings. The first kappa shape index (κ1) is 13.5. The Hall–Kier alpha value is -1.88. The van der Waals surface area contributed by atoms with Crippen molar-refractivity contribution in [3.05, 3.63) is 41.5 Å². The van der Waals surface area contributed by atoms with Gasteiger partial charge in [0.2, 0.25) is 5.89 Å². The molecule has 1 aromatic heterocycles. The molecule has 102 valence electrons. The first-order chi connectivity index (χ1) is 9.24. The molecular weight excluding hydrogens is 244 g/mol. The monoisotopic (exact) mass is 262 g/mol. The van der Waals surface area contributed by atoms with Crippen LogP contribution in [0.2, 0.25) is 0 Å². The van der Waals surface area contributed by atoms with Crippen molar-refractivity contribution < 1.29 is 14.4 Å². The highest BCUT2D eigenvalue weighted by Gasteiger charge is 2.15. The molecule has 1 unspecified atom stereocenters. The van der Waals surface area contributed by atoms with Gasteiger partial charge in [-0.3, -0.25) is 0 Å². The molecule has 1 N–H and O–H groups in total. The predicted molar refractivity (Wildman–Crippen MR) is 70.0 cm³/mol. The van der Waals surface area contributed by atoms with Crippen LogP contribution >= 0.6 is 0 Å². The number of hydrogen-bond donors (Lipinski definition) is 1. The lowest BCUT2D eigenvalue weighted by Gasteiger charge is -2.05. The quantitative estimate of drug-likeness (QED) is 0.866. The molecule has 0 aliphatic heterocycles. The molecule has 0 bridgehead atoms. The summed E-state index contributed by atoms with van der Waals surface area (Å²) < 4.78 is 10.4. The van der Waals surface area contributed by atoms with Gasteiger partial charge in [-0.15, -0.1) is 0 Å². The Bertz CT molecular complexity index is 525. The smallest absolute Gasteiger partial charge is 0.231 e. The van der Waals surface area contributed by atoms with Crippen molar-refractivity contribution in [1.82, 2.24) is 10.1 Å². The average molecular weight is 262 g/mol. The number of hydrogen-bond acceptors (Lipinski definition) is 5. The highest BCUT2D eigenvalue weighted by molar-refractivity contribution is 5.34. The third kappa shape index (κ3) is 3.32. The van der Waals surface area contributed by atoms with Crippen molar-refractivity contribution in [2.75, 3.05) is 7.11 Å². The second-order valence-electron chi connectivity index (χ2n) is 4.34. The maximum absolute atomic E-state index is 9.79. The molecule has 0 radical (unpaired) electrons. The van der Waals surface area contributed by atoms with Crippen LogP contribution in [0.5, 0.6) is 5.75 Å². The lowest BCUT2D eigenvalue weighted by molar-refractivity contribution is 0.152. The van der Waals surface area contributed by atoms with Crippen LogP contribution in [-0.2, 0) is 6.42 Å². The Morgan fingerprint density at radius 3 is 2.89 bits per heavy atom. The molecule has 1 atom stereocenters. The molecule has 2 aromatic rings. The van der Waals surface area contributed by atoms with Crippen LogP contribution in [0.25, 0.3) is 0 Å². The number of ether oxygens (including phenoxy) is 1. The van der Waals surface area contributed by atoms with E-state index in [1.165, 1.54) is 0 Å². The highest BCUT2D eigenvalue weighted by Crippen LogP contribution is 2.21. The second-order valence-corrected chi connectivity index (χ2v) is 4.34. The number of aliphatic hydroxyl groups is 1. The van der Waals surface area contributed by atoms with E-state index >= 15 is 0 Å². The summed E-state index contributed by atoms with van der Waals surface area (Å²) in [5.41, 5.74) is 0.977. The van der Waals surface area contributed by atoms with E-state index in [9.17, 15) is 5.11 Å². The summed E-state index contributed by atoms with van der Waals surface area (Å²) in [6.07, 6.45) is 1.35. The zero-order valence-corrected chi connectivity index (χ0v) is 11.2. The van der Waals surface area contributed by atoms with Crippen molar-refractivity contribution in [2.45, 2.75) is 32.3 Å². The van der Waals surface area contributed by atoms with Gasteiger partial charge in [0, 0.05) is 5.56 Å². The van der Waals surface area contributed by atoms with Crippen molar-refractivity contribution in [3.8, 4) is 5.75 Å². The van der Waals surface area contributed by atoms with Gasteiger partial charge in [-0.2, -0.15) is 4.98 Å². The number of rotatable bonds is 6. The molecule has 0 fully saturated rings. The van der Waals surface area contributed by atoms with Crippen molar-refractivity contribution in [2.24, 2.45) is 0 Å². The fraction of sp³-hybridized carbons (Fsp3) is 0.429. The van der Waals surface area contributed by atoms with E-state index in [2.05, 4.69) is 10.1 Å². The van der Waals surface area contributed by atoms with Gasteiger partial charge in [-0.1, -0.05) is 36.7 Å². The molecule has 0 saturated carbocycles. The van der Waals surface area contributed by atoms with Crippen LogP contribution in [0.3, 0.4) is 0 Å². The Morgan fingerprint density at radius 1 is 1.37 bits per heavy atom. The molecule has 1 aromatic carbocycles. The summed E-state index contributed by atoms with van der Waals surface area (Å²) in [4.78, 5) is 4.22. The Kier molecular flexibility index (Phi) is 4.52. The van der Waals surface area contributed by atoms with Gasteiger partial charge in [0.15, 0.2) is 5.82 Å². The maximum Gasteiger partial charge on any atom is 0.231 e. The van der Waals surface area contributed by atoms with Gasteiger partial charge in [-0.25, -0.2) is 0 Å². The Balaban J connectivity index is 2.11. The Morgan fingerprint density at radius 2 is 2.16 bits per heavy atom. The molecule has 19 heavy (non-hydrogen) atoms. The molecule has 5 heteroatoms. The van der Waals surface area contributed by atoms with Gasteiger partial charge in [0.1, 0.15) is 11.9 Å². The van der Waals surface area contributed by atoms with E-state index in [1.54, 1.807) is 7.11 Å². The van der Waals surface area contributed by atoms with Crippen LogP contribution in [0.1, 0.15) is 43.1 Å². The average Bonchev–Trinajstić information content (AvgIpc) is 2.88. The minimum atomic E-state index is -0.653. The zero-order valence-electron chi connectivity index (χ0n) is 11.2. The van der Waals surface area contributed by atoms with Crippen molar-refractivity contribution in [3.63, 3.8) is 0 Å². The van der Waals surface area contributed by atoms with Crippen LogP contribution in [0, 0.1) is 0 Å². The van der Waals surface area contributed by atoms with E-state index in [0.717, 1.165) is 17.7 Å². The van der Waals surface area contributed by atoms with Crippen LogP contribution in [0.4, 0.5) is 0 Å². The molecular formula is C14H18N2O3. The molecule has 0 amide bonds. The first-order valence-corrected chi connectivity index (χ1v) is 6.37. The van der Waals surface area contributed by atoms with E-state index in [1.807, 2.05) is 31.2 Å². The second kappa shape index (κ2) is 6.33. The predicted octanol–water partition coefficient (Wildman–Crippen LogP) is 2.50. The number of aromatic nitrogens is 2. The fourth-order valence-electron chi connectivity index (χ4n) is 1.89. The standard InChI is InChI=1S/C14H18N2O3/c1-3-6-11(17)14-15-13(19-16-14)9-10-7-4-5-8-12(10)18-2/h4-5,7-8,11,17H,3,6,9H2,1-2H3. The summed E-state index contributed by atoms with van der Waals surface area (Å²) in [5.74, 6) is 1.62. The molecule has 5 nitrogen and oxygen atoms in total. The molecule has 1 heterocycles. The first-order valence-electron chi connectivity index (χ1n) is 6.37. The number of nitrogens with zero attached hydrogens (tertiary/aromatic N) is 2. The summed E-state index contributed by atoms with van der Waals surface area (Å²) in [6.45, 7) is 2.00. The van der Waals surface area contributed by atoms with Gasteiger partial charge < -0.3 is 14.4 Å². The number of benzene rings is 1. The van der Waals surface area contributed by atoms with E-state index in [4.69, 9.17) is 9.26 Å². The lowest BCUT2D eigenvalue weighted by Crippen LogP contribution is -1.99. The highest BCUT2D eigenvalue weighted by atomic mass is 16.5. The zero-order chi connectivity index (χ0) is 13.7. The lowest BCUT2D eigenvalue weighted by atomic mass is 10.1. The van der Waals surface area contributed by atoms with Gasteiger partial charge in [0.25, 0.3) is 0 Å². The van der Waals surface area contributed by atoms with Crippen LogP contribution in [-0.4, -0.2) is 22.4 Å². The van der Waals surface area contributed by atoms with Crippen molar-refractivity contribution in [1.29, 1.82) is 0 Å². The van der Waals surface area contributed by atoms with E-state index in [-0.39, 0.29) is 0 Å². The van der Waals surface area contributed by atoms with Gasteiger partial charge in [-0.05, 0) is 12.5 Å². The number of methoxy groups -OCH3 is 1. The van der Waals surface area contributed by atoms with Crippen LogP contribution in [0.15, 0.2) is 28.8 Å².